The third-order valence-electron chi connectivity index (χ3n) is 2.58. The van der Waals surface area contributed by atoms with Gasteiger partial charge in [-0.15, -0.1) is 0 Å². The Balaban J connectivity index is -0.000000328. The van der Waals surface area contributed by atoms with Crippen molar-refractivity contribution in [2.24, 2.45) is 0 Å². The van der Waals surface area contributed by atoms with E-state index >= 15 is 0 Å². The Morgan fingerprint density at radius 3 is 1.03 bits per heavy atom. The molecule has 0 aliphatic heterocycles. The van der Waals surface area contributed by atoms with Gasteiger partial charge in [-0.05, 0) is 19.1 Å². The van der Waals surface area contributed by atoms with Gasteiger partial charge in [0.05, 0.1) is 44.5 Å². The van der Waals surface area contributed by atoms with Gasteiger partial charge in [-0.2, -0.15) is 8.42 Å². The van der Waals surface area contributed by atoms with Crippen molar-refractivity contribution in [3.63, 3.8) is 0 Å². The molecule has 0 aliphatic rings. The van der Waals surface area contributed by atoms with Gasteiger partial charge in [-0.1, -0.05) is 17.7 Å². The zero-order valence-corrected chi connectivity index (χ0v) is 16.8. The fourth-order valence-electron chi connectivity index (χ4n) is 0.883. The Kier molecular flexibility index (Phi) is 22.4. The summed E-state index contributed by atoms with van der Waals surface area (Å²) in [7, 11) is -4.02. The van der Waals surface area contributed by atoms with Crippen LogP contribution >= 0.6 is 0 Å². The average molecular weight is 448 g/mol. The second-order valence-corrected chi connectivity index (χ2v) is 6.77. The van der Waals surface area contributed by atoms with Crippen LogP contribution in [0.15, 0.2) is 29.2 Å². The van der Waals surface area contributed by atoms with Crippen LogP contribution in [0.3, 0.4) is 0 Å². The van der Waals surface area contributed by atoms with Gasteiger partial charge in [0.1, 0.15) is 18.3 Å². The highest BCUT2D eigenvalue weighted by Gasteiger charge is 2.06. The van der Waals surface area contributed by atoms with Gasteiger partial charge in [0.15, 0.2) is 0 Å². The molecule has 0 saturated heterocycles. The van der Waals surface area contributed by atoms with E-state index in [-0.39, 0.29) is 44.5 Å². The number of aliphatic hydroxyl groups excluding tert-OH is 9. The molecule has 1 rings (SSSR count). The molecular weight excluding hydrogens is 416 g/mol. The second kappa shape index (κ2) is 20.1. The molecule has 0 saturated carbocycles. The molecule has 1 aromatic rings. The minimum Gasteiger partial charge on any atom is -0.394 e. The summed E-state index contributed by atoms with van der Waals surface area (Å²) in [5.74, 6) is 0. The van der Waals surface area contributed by atoms with Gasteiger partial charge in [0.2, 0.25) is 0 Å². The fraction of sp³-hybridized carbons (Fsp3) is 0.625. The summed E-state index contributed by atoms with van der Waals surface area (Å²) in [4.78, 5) is -0.0666. The lowest BCUT2D eigenvalue weighted by Gasteiger charge is -1.96. The van der Waals surface area contributed by atoms with Gasteiger partial charge in [-0.25, -0.2) is 0 Å². The number of benzene rings is 1. The maximum absolute atomic E-state index is 10.5. The number of hydrogen-bond acceptors (Lipinski definition) is 11. The van der Waals surface area contributed by atoms with E-state index in [2.05, 4.69) is 0 Å². The normalized spacial score (nSPS) is 10.6. The Bertz CT molecular complexity index is 528. The lowest BCUT2D eigenvalue weighted by molar-refractivity contribution is 0.0450. The molecule has 1 aromatic carbocycles. The summed E-state index contributed by atoms with van der Waals surface area (Å²) in [6.07, 6.45) is -2.86. The van der Waals surface area contributed by atoms with E-state index in [1.807, 2.05) is 6.92 Å². The molecule has 12 nitrogen and oxygen atoms in total. The van der Waals surface area contributed by atoms with Crippen LogP contribution in [0, 0.1) is 6.92 Å². The van der Waals surface area contributed by atoms with Crippen LogP contribution in [0.2, 0.25) is 0 Å². The fourth-order valence-corrected chi connectivity index (χ4v) is 1.36. The smallest absolute Gasteiger partial charge is 0.294 e. The number of rotatable bonds is 7. The largest absolute Gasteiger partial charge is 0.394 e. The molecule has 0 radical (unpaired) electrons. The first kappa shape index (κ1) is 32.4. The predicted octanol–water partition coefficient (Wildman–Crippen LogP) is -3.76. The molecule has 0 amide bonds. The molecule has 0 unspecified atom stereocenters. The summed E-state index contributed by atoms with van der Waals surface area (Å²) in [5, 5.41) is 72.0. The van der Waals surface area contributed by atoms with Crippen molar-refractivity contribution < 1.29 is 58.9 Å². The molecule has 13 heteroatoms. The van der Waals surface area contributed by atoms with Gasteiger partial charge in [0, 0.05) is 0 Å². The maximum atomic E-state index is 10.5. The van der Waals surface area contributed by atoms with Gasteiger partial charge < -0.3 is 46.0 Å². The number of hydrogen-bond donors (Lipinski definition) is 10. The molecule has 0 spiro atoms. The van der Waals surface area contributed by atoms with E-state index in [4.69, 9.17) is 50.5 Å². The summed E-state index contributed by atoms with van der Waals surface area (Å²) in [6.45, 7) is -0.346. The zero-order valence-electron chi connectivity index (χ0n) is 16.0. The number of aliphatic hydroxyl groups is 9. The summed E-state index contributed by atoms with van der Waals surface area (Å²) >= 11 is 0. The van der Waals surface area contributed by atoms with E-state index in [0.717, 1.165) is 5.56 Å². The molecule has 0 fully saturated rings. The third-order valence-corrected chi connectivity index (χ3v) is 3.45. The Morgan fingerprint density at radius 1 is 0.655 bits per heavy atom. The highest BCUT2D eigenvalue weighted by Crippen LogP contribution is 2.08. The summed E-state index contributed by atoms with van der Waals surface area (Å²) in [6, 6.07) is 5.99. The highest BCUT2D eigenvalue weighted by atomic mass is 32.2. The van der Waals surface area contributed by atoms with Crippen LogP contribution in [-0.4, -0.2) is 117 Å². The molecule has 29 heavy (non-hydrogen) atoms. The predicted molar refractivity (Wildman–Crippen MR) is 102 cm³/mol. The van der Waals surface area contributed by atoms with Gasteiger partial charge in [0.25, 0.3) is 10.1 Å². The second-order valence-electron chi connectivity index (χ2n) is 5.35. The van der Waals surface area contributed by atoms with Crippen molar-refractivity contribution in [2.75, 3.05) is 39.6 Å². The van der Waals surface area contributed by atoms with E-state index in [1.54, 1.807) is 12.1 Å². The van der Waals surface area contributed by atoms with E-state index in [1.165, 1.54) is 12.1 Å². The number of aryl methyl sites for hydroxylation is 1. The van der Waals surface area contributed by atoms with Crippen molar-refractivity contribution in [3.8, 4) is 0 Å². The summed E-state index contributed by atoms with van der Waals surface area (Å²) in [5.41, 5.74) is 0.956. The van der Waals surface area contributed by atoms with E-state index in [9.17, 15) is 8.42 Å². The molecule has 174 valence electrons. The van der Waals surface area contributed by atoms with Gasteiger partial charge in [-0.3, -0.25) is 4.55 Å². The molecule has 0 heterocycles. The first-order valence-electron chi connectivity index (χ1n) is 8.16. The minimum atomic E-state index is -4.02. The first-order valence-corrected chi connectivity index (χ1v) is 9.60. The van der Waals surface area contributed by atoms with Crippen LogP contribution in [0.25, 0.3) is 0 Å². The van der Waals surface area contributed by atoms with Crippen LogP contribution < -0.4 is 0 Å². The van der Waals surface area contributed by atoms with Crippen LogP contribution in [0.5, 0.6) is 0 Å². The van der Waals surface area contributed by atoms with Crippen molar-refractivity contribution >= 4 is 10.1 Å². The van der Waals surface area contributed by atoms with Gasteiger partial charge >= 0.3 is 0 Å². The summed E-state index contributed by atoms with van der Waals surface area (Å²) < 4.78 is 29.6. The van der Waals surface area contributed by atoms with Crippen molar-refractivity contribution in [1.29, 1.82) is 0 Å². The molecule has 10 N–H and O–H groups in total. The monoisotopic (exact) mass is 448 g/mol. The third kappa shape index (κ3) is 22.9. The molecule has 0 atom stereocenters. The van der Waals surface area contributed by atoms with Crippen LogP contribution in [0.4, 0.5) is 0 Å². The topological polar surface area (TPSA) is 236 Å². The molecule has 0 aromatic heterocycles. The molecule has 0 aliphatic carbocycles. The lowest BCUT2D eigenvalue weighted by Crippen LogP contribution is -2.15. The zero-order chi connectivity index (χ0) is 23.5. The molecule has 0 bridgehead atoms. The van der Waals surface area contributed by atoms with Crippen LogP contribution in [-0.2, 0) is 10.1 Å². The Labute approximate surface area is 169 Å². The Hall–Kier alpha value is -1.23. The van der Waals surface area contributed by atoms with E-state index in [0.29, 0.717) is 0 Å². The Morgan fingerprint density at radius 2 is 0.897 bits per heavy atom. The molecular formula is C16H32O12S. The lowest BCUT2D eigenvalue weighted by atomic mass is 10.2. The van der Waals surface area contributed by atoms with E-state index < -0.39 is 28.4 Å². The minimum absolute atomic E-state index is 0.0666. The van der Waals surface area contributed by atoms with Crippen molar-refractivity contribution in [3.05, 3.63) is 29.8 Å². The highest BCUT2D eigenvalue weighted by molar-refractivity contribution is 7.85. The van der Waals surface area contributed by atoms with Crippen LogP contribution in [0.1, 0.15) is 5.56 Å². The first-order chi connectivity index (χ1) is 13.4. The SMILES string of the molecule is Cc1ccc(S(=O)(=O)O)cc1.OCC(O)CO.OCC(O)CO.OCC(O)CO. The standard InChI is InChI=1S/C7H8O3S.3C3H8O3/c1-6-2-4-7(5-3-6)11(8,9)10;3*4-1-3(6)2-5/h2-5H,1H3,(H,8,9,10);3*3-6H,1-2H2. The van der Waals surface area contributed by atoms with Crippen molar-refractivity contribution in [1.82, 2.24) is 0 Å². The quantitative estimate of drug-likeness (QED) is 0.181. The average Bonchev–Trinajstić information content (AvgIpc) is 2.72. The van der Waals surface area contributed by atoms with Crippen molar-refractivity contribution in [2.45, 2.75) is 30.1 Å². The maximum Gasteiger partial charge on any atom is 0.294 e.